The van der Waals surface area contributed by atoms with Gasteiger partial charge in [-0.3, -0.25) is 9.69 Å². The van der Waals surface area contributed by atoms with Gasteiger partial charge in [-0.2, -0.15) is 0 Å². The molecule has 0 spiro atoms. The first-order valence-corrected chi connectivity index (χ1v) is 5.39. The van der Waals surface area contributed by atoms with Gasteiger partial charge in [0, 0.05) is 26.7 Å². The highest BCUT2D eigenvalue weighted by atomic mass is 16.3. The Kier molecular flexibility index (Phi) is 3.10. The number of rotatable bonds is 2. The van der Waals surface area contributed by atoms with Crippen molar-refractivity contribution in [3.05, 3.63) is 29.8 Å². The quantitative estimate of drug-likeness (QED) is 0.796. The van der Waals surface area contributed by atoms with E-state index in [0.717, 1.165) is 25.2 Å². The predicted octanol–water partition coefficient (Wildman–Crippen LogP) is 0.666. The molecule has 0 saturated carbocycles. The summed E-state index contributed by atoms with van der Waals surface area (Å²) < 4.78 is 0. The van der Waals surface area contributed by atoms with Crippen molar-refractivity contribution in [1.82, 2.24) is 9.80 Å². The number of phenols is 1. The Morgan fingerprint density at radius 2 is 1.94 bits per heavy atom. The van der Waals surface area contributed by atoms with Crippen LogP contribution in [0, 0.1) is 0 Å². The lowest BCUT2D eigenvalue weighted by molar-refractivity contribution is -0.134. The number of piperazine rings is 1. The van der Waals surface area contributed by atoms with Crippen molar-refractivity contribution >= 4 is 5.91 Å². The third kappa shape index (κ3) is 2.52. The molecular weight excluding hydrogens is 204 g/mol. The number of carbonyl (C=O) groups excluding carboxylic acids is 1. The molecular formula is C12H16N2O2. The molecule has 1 saturated heterocycles. The molecule has 0 atom stereocenters. The highest BCUT2D eigenvalue weighted by Crippen LogP contribution is 2.12. The zero-order valence-corrected chi connectivity index (χ0v) is 9.39. The summed E-state index contributed by atoms with van der Waals surface area (Å²) in [5.74, 6) is 0.447. The van der Waals surface area contributed by atoms with Gasteiger partial charge in [-0.05, 0) is 17.7 Å². The van der Waals surface area contributed by atoms with Crippen LogP contribution in [0.3, 0.4) is 0 Å². The largest absolute Gasteiger partial charge is 0.508 e. The second-order valence-corrected chi connectivity index (χ2v) is 4.19. The second kappa shape index (κ2) is 4.53. The fourth-order valence-electron chi connectivity index (χ4n) is 1.80. The van der Waals surface area contributed by atoms with Crippen molar-refractivity contribution in [3.8, 4) is 5.75 Å². The third-order valence-electron chi connectivity index (χ3n) is 2.88. The number of hydrogen-bond acceptors (Lipinski definition) is 3. The number of amides is 1. The van der Waals surface area contributed by atoms with E-state index in [0.29, 0.717) is 6.54 Å². The van der Waals surface area contributed by atoms with Gasteiger partial charge in [0.15, 0.2) is 0 Å². The van der Waals surface area contributed by atoms with Crippen molar-refractivity contribution in [1.29, 1.82) is 0 Å². The molecule has 0 aromatic heterocycles. The summed E-state index contributed by atoms with van der Waals surface area (Å²) in [6.45, 7) is 2.94. The molecule has 4 nitrogen and oxygen atoms in total. The lowest BCUT2D eigenvalue weighted by Gasteiger charge is -2.31. The van der Waals surface area contributed by atoms with Crippen LogP contribution in [0.4, 0.5) is 0 Å². The molecule has 1 amide bonds. The molecule has 2 rings (SSSR count). The highest BCUT2D eigenvalue weighted by Gasteiger charge is 2.20. The average molecular weight is 220 g/mol. The molecule has 0 radical (unpaired) electrons. The summed E-state index contributed by atoms with van der Waals surface area (Å²) >= 11 is 0. The van der Waals surface area contributed by atoms with Gasteiger partial charge >= 0.3 is 0 Å². The second-order valence-electron chi connectivity index (χ2n) is 4.19. The van der Waals surface area contributed by atoms with Crippen LogP contribution in [0.25, 0.3) is 0 Å². The number of benzene rings is 1. The van der Waals surface area contributed by atoms with E-state index in [1.165, 1.54) is 0 Å². The van der Waals surface area contributed by atoms with Crippen LogP contribution in [-0.4, -0.2) is 47.5 Å². The smallest absolute Gasteiger partial charge is 0.236 e. The molecule has 0 unspecified atom stereocenters. The van der Waals surface area contributed by atoms with Crippen LogP contribution in [-0.2, 0) is 11.3 Å². The lowest BCUT2D eigenvalue weighted by atomic mass is 10.2. The molecule has 0 aliphatic carbocycles. The van der Waals surface area contributed by atoms with E-state index in [1.54, 1.807) is 17.0 Å². The number of nitrogens with zero attached hydrogens (tertiary/aromatic N) is 2. The van der Waals surface area contributed by atoms with Crippen LogP contribution in [0.15, 0.2) is 24.3 Å². The van der Waals surface area contributed by atoms with Crippen molar-refractivity contribution in [2.45, 2.75) is 6.54 Å². The molecule has 1 heterocycles. The fraction of sp³-hybridized carbons (Fsp3) is 0.417. The summed E-state index contributed by atoms with van der Waals surface area (Å²) in [7, 11) is 1.83. The first kappa shape index (κ1) is 11.0. The summed E-state index contributed by atoms with van der Waals surface area (Å²) in [5.41, 5.74) is 1.12. The first-order chi connectivity index (χ1) is 7.65. The Balaban J connectivity index is 1.95. The van der Waals surface area contributed by atoms with E-state index < -0.39 is 0 Å². The molecule has 4 heteroatoms. The zero-order chi connectivity index (χ0) is 11.5. The summed E-state index contributed by atoms with van der Waals surface area (Å²) in [6, 6.07) is 7.12. The van der Waals surface area contributed by atoms with Crippen LogP contribution < -0.4 is 0 Å². The minimum atomic E-state index is 0.171. The molecule has 1 aromatic carbocycles. The summed E-state index contributed by atoms with van der Waals surface area (Å²) in [6.07, 6.45) is 0. The van der Waals surface area contributed by atoms with Crippen molar-refractivity contribution in [3.63, 3.8) is 0 Å². The van der Waals surface area contributed by atoms with Gasteiger partial charge in [0.1, 0.15) is 5.75 Å². The van der Waals surface area contributed by atoms with Crippen LogP contribution in [0.2, 0.25) is 0 Å². The average Bonchev–Trinajstić information content (AvgIpc) is 2.27. The Hall–Kier alpha value is -1.55. The van der Waals surface area contributed by atoms with Crippen LogP contribution >= 0.6 is 0 Å². The molecule has 1 fully saturated rings. The summed E-state index contributed by atoms with van der Waals surface area (Å²) in [4.78, 5) is 15.4. The lowest BCUT2D eigenvalue weighted by Crippen LogP contribution is -2.47. The van der Waals surface area contributed by atoms with Crippen LogP contribution in [0.5, 0.6) is 5.75 Å². The van der Waals surface area contributed by atoms with Gasteiger partial charge in [-0.1, -0.05) is 12.1 Å². The van der Waals surface area contributed by atoms with Gasteiger partial charge in [0.25, 0.3) is 0 Å². The SMILES string of the molecule is CN1CCN(Cc2ccc(O)cc2)CC1=O. The number of likely N-dealkylation sites (N-methyl/N-ethyl adjacent to an activating group) is 1. The maximum atomic E-state index is 11.5. The van der Waals surface area contributed by atoms with Crippen molar-refractivity contribution < 1.29 is 9.90 Å². The number of carbonyl (C=O) groups is 1. The molecule has 1 N–H and O–H groups in total. The number of hydrogen-bond donors (Lipinski definition) is 1. The van der Waals surface area contributed by atoms with E-state index in [1.807, 2.05) is 19.2 Å². The van der Waals surface area contributed by atoms with Gasteiger partial charge in [-0.25, -0.2) is 0 Å². The molecule has 86 valence electrons. The third-order valence-corrected chi connectivity index (χ3v) is 2.88. The van der Waals surface area contributed by atoms with E-state index in [9.17, 15) is 4.79 Å². The van der Waals surface area contributed by atoms with Gasteiger partial charge < -0.3 is 10.0 Å². The number of phenolic OH excluding ortho intramolecular Hbond substituents is 1. The Labute approximate surface area is 95.1 Å². The molecule has 1 aromatic rings. The van der Waals surface area contributed by atoms with Gasteiger partial charge in [0.05, 0.1) is 6.54 Å². The minimum absolute atomic E-state index is 0.171. The fourth-order valence-corrected chi connectivity index (χ4v) is 1.80. The first-order valence-electron chi connectivity index (χ1n) is 5.39. The normalized spacial score (nSPS) is 17.8. The standard InChI is InChI=1S/C12H16N2O2/c1-13-6-7-14(9-12(13)16)8-10-2-4-11(15)5-3-10/h2-5,15H,6-9H2,1H3. The molecule has 16 heavy (non-hydrogen) atoms. The Bertz CT molecular complexity index is 375. The van der Waals surface area contributed by atoms with E-state index >= 15 is 0 Å². The minimum Gasteiger partial charge on any atom is -0.508 e. The number of aromatic hydroxyl groups is 1. The topological polar surface area (TPSA) is 43.8 Å². The van der Waals surface area contributed by atoms with E-state index in [2.05, 4.69) is 4.90 Å². The van der Waals surface area contributed by atoms with E-state index in [-0.39, 0.29) is 11.7 Å². The van der Waals surface area contributed by atoms with Gasteiger partial charge in [0.2, 0.25) is 5.91 Å². The molecule has 0 bridgehead atoms. The van der Waals surface area contributed by atoms with Crippen molar-refractivity contribution in [2.75, 3.05) is 26.7 Å². The highest BCUT2D eigenvalue weighted by molar-refractivity contribution is 5.78. The monoisotopic (exact) mass is 220 g/mol. The van der Waals surface area contributed by atoms with Crippen molar-refractivity contribution in [2.24, 2.45) is 0 Å². The zero-order valence-electron chi connectivity index (χ0n) is 9.39. The van der Waals surface area contributed by atoms with Gasteiger partial charge in [-0.15, -0.1) is 0 Å². The molecule has 1 aliphatic heterocycles. The Morgan fingerprint density at radius 3 is 2.56 bits per heavy atom. The maximum absolute atomic E-state index is 11.5. The van der Waals surface area contributed by atoms with Crippen LogP contribution in [0.1, 0.15) is 5.56 Å². The summed E-state index contributed by atoms with van der Waals surface area (Å²) in [5, 5.41) is 9.16. The Morgan fingerprint density at radius 1 is 1.25 bits per heavy atom. The maximum Gasteiger partial charge on any atom is 0.236 e. The predicted molar refractivity (Wildman–Crippen MR) is 61.0 cm³/mol. The van der Waals surface area contributed by atoms with E-state index in [4.69, 9.17) is 5.11 Å². The molecule has 1 aliphatic rings.